The molecule has 28 heavy (non-hydrogen) atoms. The van der Waals surface area contributed by atoms with Crippen LogP contribution < -0.4 is 5.73 Å². The molecule has 2 saturated carbocycles. The summed E-state index contributed by atoms with van der Waals surface area (Å²) in [6.07, 6.45) is 10.8. The van der Waals surface area contributed by atoms with E-state index >= 15 is 0 Å². The van der Waals surface area contributed by atoms with E-state index in [1.54, 1.807) is 5.56 Å². The predicted octanol–water partition coefficient (Wildman–Crippen LogP) is 6.30. The van der Waals surface area contributed by atoms with Gasteiger partial charge in [0.15, 0.2) is 0 Å². The van der Waals surface area contributed by atoms with Crippen molar-refractivity contribution < 1.29 is 0 Å². The number of nitrogen functional groups attached to an aromatic ring is 1. The lowest BCUT2D eigenvalue weighted by molar-refractivity contribution is 0.0479. The van der Waals surface area contributed by atoms with E-state index in [0.29, 0.717) is 5.41 Å². The number of rotatable bonds is 3. The summed E-state index contributed by atoms with van der Waals surface area (Å²) in [7, 11) is 0. The van der Waals surface area contributed by atoms with E-state index in [0.717, 1.165) is 35.8 Å². The smallest absolute Gasteiger partial charge is 0.0927 e. The van der Waals surface area contributed by atoms with Crippen molar-refractivity contribution in [2.45, 2.75) is 64.7 Å². The van der Waals surface area contributed by atoms with Crippen LogP contribution in [-0.2, 0) is 12.8 Å². The van der Waals surface area contributed by atoms with Crippen molar-refractivity contribution in [2.24, 2.45) is 23.2 Å². The molecule has 0 radical (unpaired) electrons. The van der Waals surface area contributed by atoms with Crippen molar-refractivity contribution in [2.75, 3.05) is 5.73 Å². The molecule has 1 aromatic heterocycles. The molecule has 0 spiro atoms. The van der Waals surface area contributed by atoms with Gasteiger partial charge >= 0.3 is 0 Å². The molecular formula is C25H32N2S. The van der Waals surface area contributed by atoms with E-state index in [4.69, 9.17) is 5.73 Å². The summed E-state index contributed by atoms with van der Waals surface area (Å²) in [5.41, 5.74) is 12.0. The Morgan fingerprint density at radius 1 is 1.32 bits per heavy atom. The number of nitrogens with zero attached hydrogens (tertiary/aromatic N) is 1. The van der Waals surface area contributed by atoms with Gasteiger partial charge in [0.05, 0.1) is 5.01 Å². The van der Waals surface area contributed by atoms with Crippen molar-refractivity contribution in [3.05, 3.63) is 57.6 Å². The van der Waals surface area contributed by atoms with Crippen LogP contribution in [0, 0.1) is 30.1 Å². The van der Waals surface area contributed by atoms with Gasteiger partial charge in [0.25, 0.3) is 0 Å². The Hall–Kier alpha value is -1.61. The summed E-state index contributed by atoms with van der Waals surface area (Å²) in [6, 6.07) is 6.68. The molecule has 2 fully saturated rings. The zero-order chi connectivity index (χ0) is 19.5. The molecule has 5 atom stereocenters. The van der Waals surface area contributed by atoms with Gasteiger partial charge in [-0.25, -0.2) is 4.98 Å². The number of aromatic nitrogens is 1. The molecule has 1 aromatic carbocycles. The van der Waals surface area contributed by atoms with Crippen LogP contribution in [0.1, 0.15) is 66.0 Å². The molecule has 148 valence electrons. The molecule has 3 aliphatic rings. The molecule has 0 bridgehead atoms. The highest BCUT2D eigenvalue weighted by Crippen LogP contribution is 2.65. The Bertz CT molecular complexity index is 913. The van der Waals surface area contributed by atoms with Gasteiger partial charge in [-0.3, -0.25) is 0 Å². The van der Waals surface area contributed by atoms with Crippen LogP contribution in [0.4, 0.5) is 5.69 Å². The average Bonchev–Trinajstić information content (AvgIpc) is 3.20. The molecule has 3 heteroatoms. The summed E-state index contributed by atoms with van der Waals surface area (Å²) in [4.78, 5) is 5.95. The van der Waals surface area contributed by atoms with E-state index in [9.17, 15) is 0 Å². The van der Waals surface area contributed by atoms with E-state index in [2.05, 4.69) is 43.6 Å². The maximum absolute atomic E-state index is 6.08. The number of benzene rings is 1. The number of nitrogens with two attached hydrogens (primary N) is 1. The van der Waals surface area contributed by atoms with Crippen molar-refractivity contribution in [1.82, 2.24) is 4.98 Å². The fourth-order valence-electron chi connectivity index (χ4n) is 6.92. The van der Waals surface area contributed by atoms with Crippen molar-refractivity contribution in [3.63, 3.8) is 0 Å². The van der Waals surface area contributed by atoms with Gasteiger partial charge in [-0.15, -0.1) is 11.3 Å². The molecule has 0 saturated heterocycles. The molecular weight excluding hydrogens is 360 g/mol. The molecule has 0 aliphatic heterocycles. The van der Waals surface area contributed by atoms with E-state index in [-0.39, 0.29) is 0 Å². The minimum Gasteiger partial charge on any atom is -0.399 e. The third-order valence-electron chi connectivity index (χ3n) is 8.22. The highest BCUT2D eigenvalue weighted by molar-refractivity contribution is 7.11. The van der Waals surface area contributed by atoms with Crippen LogP contribution >= 0.6 is 11.3 Å². The highest BCUT2D eigenvalue weighted by atomic mass is 32.1. The number of thiazole rings is 1. The lowest BCUT2D eigenvalue weighted by Gasteiger charge is -2.51. The van der Waals surface area contributed by atoms with Gasteiger partial charge in [-0.1, -0.05) is 25.1 Å². The average molecular weight is 393 g/mol. The lowest BCUT2D eigenvalue weighted by Crippen LogP contribution is -2.42. The fourth-order valence-corrected chi connectivity index (χ4v) is 7.72. The lowest BCUT2D eigenvalue weighted by atomic mass is 9.53. The van der Waals surface area contributed by atoms with Crippen LogP contribution in [0.15, 0.2) is 36.5 Å². The highest BCUT2D eigenvalue weighted by Gasteiger charge is 2.55. The van der Waals surface area contributed by atoms with Crippen molar-refractivity contribution in [1.29, 1.82) is 0 Å². The SMILES string of the molecule is C=C1CC(CCc2ncc(C)s2)C2C3CCc4cc(N)ccc4C3CCC12C. The second-order valence-electron chi connectivity index (χ2n) is 9.72. The summed E-state index contributed by atoms with van der Waals surface area (Å²) >= 11 is 1.87. The molecule has 2 nitrogen and oxygen atoms in total. The number of hydrogen-bond donors (Lipinski definition) is 1. The first kappa shape index (κ1) is 18.4. The van der Waals surface area contributed by atoms with E-state index in [1.165, 1.54) is 59.5 Å². The number of anilines is 1. The van der Waals surface area contributed by atoms with Crippen molar-refractivity contribution >= 4 is 17.0 Å². The van der Waals surface area contributed by atoms with E-state index in [1.807, 2.05) is 17.5 Å². The zero-order valence-corrected chi connectivity index (χ0v) is 18.0. The van der Waals surface area contributed by atoms with Crippen LogP contribution in [0.5, 0.6) is 0 Å². The Morgan fingerprint density at radius 2 is 2.18 bits per heavy atom. The number of fused-ring (bicyclic) bond motifs is 5. The van der Waals surface area contributed by atoms with Gasteiger partial charge < -0.3 is 5.73 Å². The Balaban J connectivity index is 1.43. The Labute approximate surface area is 173 Å². The normalized spacial score (nSPS) is 34.0. The maximum Gasteiger partial charge on any atom is 0.0927 e. The van der Waals surface area contributed by atoms with E-state index < -0.39 is 0 Å². The van der Waals surface area contributed by atoms with Crippen LogP contribution in [0.25, 0.3) is 0 Å². The summed E-state index contributed by atoms with van der Waals surface area (Å²) < 4.78 is 0. The minimum atomic E-state index is 0.343. The van der Waals surface area contributed by atoms with Gasteiger partial charge in [0, 0.05) is 16.8 Å². The largest absolute Gasteiger partial charge is 0.399 e. The first-order chi connectivity index (χ1) is 13.5. The fraction of sp³-hybridized carbons (Fsp3) is 0.560. The molecule has 2 N–H and O–H groups in total. The van der Waals surface area contributed by atoms with Gasteiger partial charge in [0.2, 0.25) is 0 Å². The molecule has 5 unspecified atom stereocenters. The van der Waals surface area contributed by atoms with Gasteiger partial charge in [0.1, 0.15) is 0 Å². The monoisotopic (exact) mass is 392 g/mol. The topological polar surface area (TPSA) is 38.9 Å². The number of aryl methyl sites for hydroxylation is 3. The van der Waals surface area contributed by atoms with Gasteiger partial charge in [-0.05, 0) is 104 Å². The first-order valence-corrected chi connectivity index (χ1v) is 11.8. The summed E-state index contributed by atoms with van der Waals surface area (Å²) in [5, 5.41) is 1.31. The Kier molecular flexibility index (Phi) is 4.42. The molecule has 0 amide bonds. The third-order valence-corrected chi connectivity index (χ3v) is 9.20. The molecule has 5 rings (SSSR count). The van der Waals surface area contributed by atoms with Gasteiger partial charge in [-0.2, -0.15) is 0 Å². The summed E-state index contributed by atoms with van der Waals surface area (Å²) in [6.45, 7) is 9.27. The Morgan fingerprint density at radius 3 is 2.96 bits per heavy atom. The van der Waals surface area contributed by atoms with Crippen LogP contribution in [0.2, 0.25) is 0 Å². The first-order valence-electron chi connectivity index (χ1n) is 10.9. The number of allylic oxidation sites excluding steroid dienone is 1. The minimum absolute atomic E-state index is 0.343. The second kappa shape index (κ2) is 6.73. The molecule has 2 aromatic rings. The number of hydrogen-bond acceptors (Lipinski definition) is 3. The maximum atomic E-state index is 6.08. The zero-order valence-electron chi connectivity index (χ0n) is 17.2. The molecule has 1 heterocycles. The standard InChI is InChI=1S/C25H32N2S/c1-15-12-18(5-9-23-27-14-16(2)28-23)24-22-7-4-17-13-19(26)6-8-20(17)21(22)10-11-25(15,24)3/h6,8,13-14,18,21-22,24H,1,4-5,7,9-12,26H2,2-3H3. The second-order valence-corrected chi connectivity index (χ2v) is 11.0. The quantitative estimate of drug-likeness (QED) is 0.491. The van der Waals surface area contributed by atoms with Crippen molar-refractivity contribution in [3.8, 4) is 0 Å². The summed E-state index contributed by atoms with van der Waals surface area (Å²) in [5.74, 6) is 3.07. The predicted molar refractivity (Wildman–Crippen MR) is 119 cm³/mol. The molecule has 3 aliphatic carbocycles. The van der Waals surface area contributed by atoms with Crippen LogP contribution in [0.3, 0.4) is 0 Å². The van der Waals surface area contributed by atoms with Crippen LogP contribution in [-0.4, -0.2) is 4.98 Å². The third kappa shape index (κ3) is 2.85.